The summed E-state index contributed by atoms with van der Waals surface area (Å²) >= 11 is 0. The first-order valence-corrected chi connectivity index (χ1v) is 3.99. The van der Waals surface area contributed by atoms with Gasteiger partial charge in [-0.25, -0.2) is 0 Å². The van der Waals surface area contributed by atoms with Gasteiger partial charge in [0.2, 0.25) is 0 Å². The lowest BCUT2D eigenvalue weighted by molar-refractivity contribution is -0.130. The number of carbonyl (C=O) groups is 2. The van der Waals surface area contributed by atoms with Gasteiger partial charge in [-0.1, -0.05) is 13.8 Å². The molecule has 0 unspecified atom stereocenters. The Morgan fingerprint density at radius 3 is 2.42 bits per heavy atom. The number of allylic oxidation sites excluding steroid dienone is 1. The van der Waals surface area contributed by atoms with Gasteiger partial charge >= 0.3 is 0 Å². The van der Waals surface area contributed by atoms with Crippen molar-refractivity contribution in [3.05, 3.63) is 11.8 Å². The smallest absolute Gasteiger partial charge is 0.173 e. The minimum atomic E-state index is -0.418. The Bertz CT molecular complexity index is 264. The van der Waals surface area contributed by atoms with E-state index in [1.54, 1.807) is 0 Å². The number of nitrogens with two attached hydrogens (primary N) is 1. The van der Waals surface area contributed by atoms with E-state index in [0.717, 1.165) is 6.20 Å². The van der Waals surface area contributed by atoms with Crippen molar-refractivity contribution in [3.8, 4) is 0 Å². The molecule has 0 atom stereocenters. The summed E-state index contributed by atoms with van der Waals surface area (Å²) in [7, 11) is 0. The van der Waals surface area contributed by atoms with Crippen molar-refractivity contribution < 1.29 is 9.59 Å². The molecule has 1 fully saturated rings. The largest absolute Gasteiger partial charge is 0.404 e. The average Bonchev–Trinajstić information content (AvgIpc) is 2.00. The summed E-state index contributed by atoms with van der Waals surface area (Å²) in [5.74, 6) is -0.247. The van der Waals surface area contributed by atoms with Gasteiger partial charge in [-0.3, -0.25) is 9.59 Å². The van der Waals surface area contributed by atoms with Crippen LogP contribution in [-0.2, 0) is 9.59 Å². The SMILES string of the molecule is CC1(C)CCC(=O)C(=CN)C1=O. The molecule has 0 radical (unpaired) electrons. The van der Waals surface area contributed by atoms with Crippen molar-refractivity contribution in [1.82, 2.24) is 0 Å². The van der Waals surface area contributed by atoms with Gasteiger partial charge in [-0.05, 0) is 6.42 Å². The third-order valence-corrected chi connectivity index (χ3v) is 2.30. The zero-order valence-electron chi connectivity index (χ0n) is 7.39. The predicted molar refractivity (Wildman–Crippen MR) is 45.3 cm³/mol. The zero-order chi connectivity index (χ0) is 9.35. The molecule has 0 bridgehead atoms. The lowest BCUT2D eigenvalue weighted by atomic mass is 9.73. The third kappa shape index (κ3) is 1.26. The summed E-state index contributed by atoms with van der Waals surface area (Å²) in [5.41, 5.74) is 4.96. The van der Waals surface area contributed by atoms with Crippen LogP contribution in [0.3, 0.4) is 0 Å². The van der Waals surface area contributed by atoms with Crippen molar-refractivity contribution in [3.63, 3.8) is 0 Å². The third-order valence-electron chi connectivity index (χ3n) is 2.30. The van der Waals surface area contributed by atoms with Gasteiger partial charge in [0.1, 0.15) is 0 Å². The van der Waals surface area contributed by atoms with E-state index >= 15 is 0 Å². The Kier molecular flexibility index (Phi) is 2.04. The molecular formula is C9H13NO2. The van der Waals surface area contributed by atoms with Crippen LogP contribution in [0.25, 0.3) is 0 Å². The van der Waals surface area contributed by atoms with Crippen LogP contribution in [0.4, 0.5) is 0 Å². The quantitative estimate of drug-likeness (QED) is 0.428. The molecule has 12 heavy (non-hydrogen) atoms. The van der Waals surface area contributed by atoms with Crippen molar-refractivity contribution in [2.24, 2.45) is 11.1 Å². The van der Waals surface area contributed by atoms with E-state index < -0.39 is 5.41 Å². The van der Waals surface area contributed by atoms with Crippen LogP contribution < -0.4 is 5.73 Å². The Labute approximate surface area is 71.6 Å². The molecule has 66 valence electrons. The molecule has 0 spiro atoms. The number of ketones is 2. The minimum Gasteiger partial charge on any atom is -0.404 e. The second-order valence-corrected chi connectivity index (χ2v) is 3.72. The highest BCUT2D eigenvalue weighted by molar-refractivity contribution is 6.23. The first-order chi connectivity index (χ1) is 5.49. The molecule has 1 aliphatic rings. The lowest BCUT2D eigenvalue weighted by Crippen LogP contribution is -2.35. The van der Waals surface area contributed by atoms with E-state index in [1.165, 1.54) is 0 Å². The van der Waals surface area contributed by atoms with Crippen molar-refractivity contribution in [1.29, 1.82) is 0 Å². The first-order valence-electron chi connectivity index (χ1n) is 3.99. The van der Waals surface area contributed by atoms with E-state index in [0.29, 0.717) is 12.8 Å². The molecular weight excluding hydrogens is 154 g/mol. The fourth-order valence-corrected chi connectivity index (χ4v) is 1.33. The maximum absolute atomic E-state index is 11.5. The van der Waals surface area contributed by atoms with E-state index in [9.17, 15) is 9.59 Å². The van der Waals surface area contributed by atoms with Crippen LogP contribution in [0, 0.1) is 5.41 Å². The molecule has 3 nitrogen and oxygen atoms in total. The summed E-state index contributed by atoms with van der Waals surface area (Å²) in [6, 6.07) is 0. The van der Waals surface area contributed by atoms with Gasteiger partial charge in [-0.2, -0.15) is 0 Å². The van der Waals surface area contributed by atoms with Crippen molar-refractivity contribution in [2.75, 3.05) is 0 Å². The molecule has 0 aliphatic heterocycles. The summed E-state index contributed by atoms with van der Waals surface area (Å²) < 4.78 is 0. The van der Waals surface area contributed by atoms with Crippen molar-refractivity contribution >= 4 is 11.6 Å². The maximum Gasteiger partial charge on any atom is 0.173 e. The molecule has 1 aliphatic carbocycles. The van der Waals surface area contributed by atoms with Crippen LogP contribution in [0.2, 0.25) is 0 Å². The Morgan fingerprint density at radius 1 is 1.42 bits per heavy atom. The Hall–Kier alpha value is -1.12. The van der Waals surface area contributed by atoms with Crippen LogP contribution in [0.15, 0.2) is 11.8 Å². The zero-order valence-corrected chi connectivity index (χ0v) is 7.39. The van der Waals surface area contributed by atoms with Gasteiger partial charge in [0, 0.05) is 18.0 Å². The molecule has 0 aromatic carbocycles. The number of hydrogen-bond acceptors (Lipinski definition) is 3. The van der Waals surface area contributed by atoms with E-state index in [2.05, 4.69) is 0 Å². The number of rotatable bonds is 0. The fraction of sp³-hybridized carbons (Fsp3) is 0.556. The van der Waals surface area contributed by atoms with Crippen LogP contribution in [-0.4, -0.2) is 11.6 Å². The Morgan fingerprint density at radius 2 is 2.00 bits per heavy atom. The molecule has 3 heteroatoms. The molecule has 0 aromatic rings. The molecule has 2 N–H and O–H groups in total. The fourth-order valence-electron chi connectivity index (χ4n) is 1.33. The average molecular weight is 167 g/mol. The minimum absolute atomic E-state index is 0.123. The first kappa shape index (κ1) is 8.97. The highest BCUT2D eigenvalue weighted by Gasteiger charge is 2.37. The lowest BCUT2D eigenvalue weighted by Gasteiger charge is -2.27. The van der Waals surface area contributed by atoms with Gasteiger partial charge in [0.25, 0.3) is 0 Å². The van der Waals surface area contributed by atoms with Crippen LogP contribution >= 0.6 is 0 Å². The number of hydrogen-bond donors (Lipinski definition) is 1. The maximum atomic E-state index is 11.5. The molecule has 0 heterocycles. The van der Waals surface area contributed by atoms with Crippen molar-refractivity contribution in [2.45, 2.75) is 26.7 Å². The molecule has 0 amide bonds. The summed E-state index contributed by atoms with van der Waals surface area (Å²) in [4.78, 5) is 22.7. The summed E-state index contributed by atoms with van der Waals surface area (Å²) in [6.45, 7) is 3.68. The summed E-state index contributed by atoms with van der Waals surface area (Å²) in [5, 5.41) is 0. The predicted octanol–water partition coefficient (Wildman–Crippen LogP) is 0.787. The summed E-state index contributed by atoms with van der Waals surface area (Å²) in [6.07, 6.45) is 2.19. The van der Waals surface area contributed by atoms with Crippen LogP contribution in [0.1, 0.15) is 26.7 Å². The van der Waals surface area contributed by atoms with E-state index in [1.807, 2.05) is 13.8 Å². The number of Topliss-reactive ketones (excluding diaryl/α,β-unsaturated/α-hetero) is 2. The topological polar surface area (TPSA) is 60.2 Å². The standard InChI is InChI=1S/C9H13NO2/c1-9(2)4-3-7(11)6(5-10)8(9)12/h5H,3-4,10H2,1-2H3. The van der Waals surface area contributed by atoms with Gasteiger partial charge < -0.3 is 5.73 Å². The van der Waals surface area contributed by atoms with E-state index in [4.69, 9.17) is 5.73 Å². The van der Waals surface area contributed by atoms with Gasteiger partial charge in [-0.15, -0.1) is 0 Å². The van der Waals surface area contributed by atoms with E-state index in [-0.39, 0.29) is 17.1 Å². The Balaban J connectivity index is 3.01. The monoisotopic (exact) mass is 167 g/mol. The van der Waals surface area contributed by atoms with Crippen LogP contribution in [0.5, 0.6) is 0 Å². The second-order valence-electron chi connectivity index (χ2n) is 3.72. The molecule has 0 saturated heterocycles. The highest BCUT2D eigenvalue weighted by Crippen LogP contribution is 2.32. The number of carbonyl (C=O) groups excluding carboxylic acids is 2. The molecule has 1 saturated carbocycles. The highest BCUT2D eigenvalue weighted by atomic mass is 16.2. The normalized spacial score (nSPS) is 26.3. The molecule has 0 aromatic heterocycles. The molecule has 1 rings (SSSR count). The van der Waals surface area contributed by atoms with Gasteiger partial charge in [0.05, 0.1) is 5.57 Å². The second kappa shape index (κ2) is 2.73. The van der Waals surface area contributed by atoms with Gasteiger partial charge in [0.15, 0.2) is 11.6 Å².